The van der Waals surface area contributed by atoms with Gasteiger partial charge in [0, 0.05) is 17.7 Å². The van der Waals surface area contributed by atoms with E-state index in [0.717, 1.165) is 17.2 Å². The first-order valence-electron chi connectivity index (χ1n) is 6.16. The second-order valence-corrected chi connectivity index (χ2v) is 4.98. The average Bonchev–Trinajstić information content (AvgIpc) is 2.48. The Balaban J connectivity index is 2.30. The molecule has 0 radical (unpaired) electrons. The molecule has 0 saturated carbocycles. The number of thioether (sulfide) groups is 1. The number of nitrogens with one attached hydrogen (secondary N) is 2. The summed E-state index contributed by atoms with van der Waals surface area (Å²) in [4.78, 5) is 8.51. The summed E-state index contributed by atoms with van der Waals surface area (Å²) in [6.07, 6.45) is 8.89. The van der Waals surface area contributed by atoms with Crippen molar-refractivity contribution < 1.29 is 0 Å². The predicted molar refractivity (Wildman–Crippen MR) is 82.9 cm³/mol. The summed E-state index contributed by atoms with van der Waals surface area (Å²) in [6, 6.07) is 5.70. The fourth-order valence-corrected chi connectivity index (χ4v) is 2.05. The largest absolute Gasteiger partial charge is 0.342 e. The van der Waals surface area contributed by atoms with Gasteiger partial charge in [-0.1, -0.05) is 12.0 Å². The fraction of sp³-hybridized carbons (Fsp3) is 0.357. The number of rotatable bonds is 6. The molecular formula is C14H17N5S. The topological polar surface area (TPSA) is 73.1 Å². The Kier molecular flexibility index (Phi) is 7.71. The van der Waals surface area contributed by atoms with Gasteiger partial charge in [-0.25, -0.2) is 0 Å². The fourth-order valence-electron chi connectivity index (χ4n) is 1.30. The van der Waals surface area contributed by atoms with Crippen LogP contribution in [0.1, 0.15) is 12.6 Å². The number of guanidine groups is 1. The van der Waals surface area contributed by atoms with E-state index < -0.39 is 0 Å². The number of terminal acetylenes is 1. The molecule has 1 heterocycles. The zero-order valence-electron chi connectivity index (χ0n) is 11.3. The molecule has 20 heavy (non-hydrogen) atoms. The van der Waals surface area contributed by atoms with Gasteiger partial charge in [-0.2, -0.15) is 17.0 Å². The van der Waals surface area contributed by atoms with Gasteiger partial charge < -0.3 is 5.32 Å². The van der Waals surface area contributed by atoms with Crippen LogP contribution in [0.25, 0.3) is 0 Å². The zero-order chi connectivity index (χ0) is 14.6. The van der Waals surface area contributed by atoms with E-state index in [1.807, 2.05) is 31.3 Å². The SMILES string of the molecule is C#CC(C)NC(=NCCSCc1ccccn1)NC#N. The van der Waals surface area contributed by atoms with Crippen molar-refractivity contribution in [3.05, 3.63) is 30.1 Å². The van der Waals surface area contributed by atoms with Crippen LogP contribution < -0.4 is 10.6 Å². The van der Waals surface area contributed by atoms with E-state index >= 15 is 0 Å². The van der Waals surface area contributed by atoms with Crippen LogP contribution in [0.15, 0.2) is 29.4 Å². The maximum Gasteiger partial charge on any atom is 0.205 e. The molecule has 1 aromatic heterocycles. The Morgan fingerprint density at radius 1 is 1.60 bits per heavy atom. The number of hydrogen-bond donors (Lipinski definition) is 2. The summed E-state index contributed by atoms with van der Waals surface area (Å²) >= 11 is 1.74. The first-order valence-corrected chi connectivity index (χ1v) is 7.31. The van der Waals surface area contributed by atoms with Crippen molar-refractivity contribution in [3.63, 3.8) is 0 Å². The molecule has 0 amide bonds. The molecule has 1 unspecified atom stereocenters. The zero-order valence-corrected chi connectivity index (χ0v) is 12.2. The van der Waals surface area contributed by atoms with E-state index in [9.17, 15) is 0 Å². The molecule has 104 valence electrons. The monoisotopic (exact) mass is 287 g/mol. The summed E-state index contributed by atoms with van der Waals surface area (Å²) in [5, 5.41) is 14.0. The minimum atomic E-state index is -0.171. The van der Waals surface area contributed by atoms with Crippen LogP contribution in [0.2, 0.25) is 0 Å². The van der Waals surface area contributed by atoms with Crippen molar-refractivity contribution in [3.8, 4) is 18.5 Å². The lowest BCUT2D eigenvalue weighted by atomic mass is 10.4. The molecule has 0 bridgehead atoms. The summed E-state index contributed by atoms with van der Waals surface area (Å²) in [5.41, 5.74) is 1.05. The minimum absolute atomic E-state index is 0.171. The summed E-state index contributed by atoms with van der Waals surface area (Å²) in [5.74, 6) is 4.63. The van der Waals surface area contributed by atoms with Crippen LogP contribution in [0, 0.1) is 23.8 Å². The number of nitrogens with zero attached hydrogens (tertiary/aromatic N) is 3. The van der Waals surface area contributed by atoms with Gasteiger partial charge >= 0.3 is 0 Å². The third-order valence-corrected chi connectivity index (χ3v) is 3.23. The van der Waals surface area contributed by atoms with E-state index in [-0.39, 0.29) is 6.04 Å². The smallest absolute Gasteiger partial charge is 0.205 e. The van der Waals surface area contributed by atoms with Gasteiger partial charge in [-0.05, 0) is 19.1 Å². The first kappa shape index (κ1) is 15.9. The van der Waals surface area contributed by atoms with E-state index in [4.69, 9.17) is 11.7 Å². The Hall–Kier alpha value is -2.18. The molecule has 0 aliphatic heterocycles. The van der Waals surface area contributed by atoms with Gasteiger partial charge in [0.1, 0.15) is 0 Å². The van der Waals surface area contributed by atoms with Crippen molar-refractivity contribution in [2.75, 3.05) is 12.3 Å². The van der Waals surface area contributed by atoms with Gasteiger partial charge in [0.15, 0.2) is 6.19 Å². The van der Waals surface area contributed by atoms with E-state index in [1.54, 1.807) is 18.0 Å². The Bertz CT molecular complexity index is 501. The maximum atomic E-state index is 8.63. The van der Waals surface area contributed by atoms with Crippen molar-refractivity contribution in [1.29, 1.82) is 5.26 Å². The maximum absolute atomic E-state index is 8.63. The number of aliphatic imine (C=N–C) groups is 1. The highest BCUT2D eigenvalue weighted by Crippen LogP contribution is 2.08. The normalized spacial score (nSPS) is 12.1. The standard InChI is InChI=1S/C14H17N5S/c1-3-12(2)19-14(18-11-15)17-8-9-20-10-13-6-4-5-7-16-13/h1,4-7,12H,8-10H2,2H3,(H2,17,18,19). The van der Waals surface area contributed by atoms with Gasteiger partial charge in [0.05, 0.1) is 18.3 Å². The Morgan fingerprint density at radius 3 is 3.10 bits per heavy atom. The third-order valence-electron chi connectivity index (χ3n) is 2.26. The number of pyridine rings is 1. The highest BCUT2D eigenvalue weighted by Gasteiger charge is 2.01. The third kappa shape index (κ3) is 6.67. The molecular weight excluding hydrogens is 270 g/mol. The quantitative estimate of drug-likeness (QED) is 0.206. The number of nitriles is 1. The molecule has 0 aliphatic carbocycles. The van der Waals surface area contributed by atoms with E-state index in [1.165, 1.54) is 0 Å². The lowest BCUT2D eigenvalue weighted by Gasteiger charge is -2.10. The lowest BCUT2D eigenvalue weighted by Crippen LogP contribution is -2.39. The Labute approximate surface area is 123 Å². The molecule has 6 heteroatoms. The van der Waals surface area contributed by atoms with Gasteiger partial charge in [0.2, 0.25) is 5.96 Å². The van der Waals surface area contributed by atoms with Gasteiger partial charge in [-0.15, -0.1) is 6.42 Å². The van der Waals surface area contributed by atoms with E-state index in [0.29, 0.717) is 12.5 Å². The average molecular weight is 287 g/mol. The number of aromatic nitrogens is 1. The molecule has 0 aromatic carbocycles. The minimum Gasteiger partial charge on any atom is -0.342 e. The molecule has 1 aromatic rings. The first-order chi connectivity index (χ1) is 9.76. The molecule has 1 rings (SSSR count). The predicted octanol–water partition coefficient (Wildman–Crippen LogP) is 1.35. The summed E-state index contributed by atoms with van der Waals surface area (Å²) < 4.78 is 0. The molecule has 0 spiro atoms. The van der Waals surface area contributed by atoms with Gasteiger partial charge in [0.25, 0.3) is 0 Å². The van der Waals surface area contributed by atoms with Crippen LogP contribution in [0.5, 0.6) is 0 Å². The molecule has 1 atom stereocenters. The van der Waals surface area contributed by atoms with Crippen LogP contribution >= 0.6 is 11.8 Å². The molecule has 0 fully saturated rings. The van der Waals surface area contributed by atoms with Crippen LogP contribution in [0.3, 0.4) is 0 Å². The van der Waals surface area contributed by atoms with Gasteiger partial charge in [-0.3, -0.25) is 15.3 Å². The van der Waals surface area contributed by atoms with Crippen LogP contribution in [0.4, 0.5) is 0 Å². The number of hydrogen-bond acceptors (Lipinski definition) is 4. The summed E-state index contributed by atoms with van der Waals surface area (Å²) in [7, 11) is 0. The molecule has 0 aliphatic rings. The van der Waals surface area contributed by atoms with E-state index in [2.05, 4.69) is 26.5 Å². The van der Waals surface area contributed by atoms with Crippen molar-refractivity contribution in [2.45, 2.75) is 18.7 Å². The molecule has 2 N–H and O–H groups in total. The van der Waals surface area contributed by atoms with Crippen molar-refractivity contribution in [2.24, 2.45) is 4.99 Å². The summed E-state index contributed by atoms with van der Waals surface area (Å²) in [6.45, 7) is 2.43. The molecule has 5 nitrogen and oxygen atoms in total. The molecule has 0 saturated heterocycles. The van der Waals surface area contributed by atoms with Crippen LogP contribution in [-0.2, 0) is 5.75 Å². The van der Waals surface area contributed by atoms with Crippen molar-refractivity contribution >= 4 is 17.7 Å². The second kappa shape index (κ2) is 9.71. The van der Waals surface area contributed by atoms with Crippen molar-refractivity contribution in [1.82, 2.24) is 15.6 Å². The highest BCUT2D eigenvalue weighted by molar-refractivity contribution is 7.98. The Morgan fingerprint density at radius 2 is 2.45 bits per heavy atom. The van der Waals surface area contributed by atoms with Crippen LogP contribution in [-0.4, -0.2) is 29.3 Å². The second-order valence-electron chi connectivity index (χ2n) is 3.87. The lowest BCUT2D eigenvalue weighted by molar-refractivity contribution is 0.803. The highest BCUT2D eigenvalue weighted by atomic mass is 32.2.